The van der Waals surface area contributed by atoms with E-state index < -0.39 is 0 Å². The average molecular weight is 304 g/mol. The quantitative estimate of drug-likeness (QED) is 0.894. The van der Waals surface area contributed by atoms with Crippen molar-refractivity contribution >= 4 is 11.7 Å². The van der Waals surface area contributed by atoms with Crippen LogP contribution in [0, 0.1) is 0 Å². The Kier molecular flexibility index (Phi) is 4.57. The lowest BCUT2D eigenvalue weighted by molar-refractivity contribution is -0.103. The molecule has 1 aromatic heterocycles. The summed E-state index contributed by atoms with van der Waals surface area (Å²) < 4.78 is 6.11. The van der Waals surface area contributed by atoms with Crippen LogP contribution in [-0.2, 0) is 4.74 Å². The molecule has 6 nitrogen and oxygen atoms in total. The maximum absolute atomic E-state index is 11.5. The Bertz CT molecular complexity index is 506. The monoisotopic (exact) mass is 304 g/mol. The van der Waals surface area contributed by atoms with Crippen LogP contribution in [0.4, 0.5) is 5.82 Å². The molecule has 1 amide bonds. The van der Waals surface area contributed by atoms with Crippen LogP contribution in [0.1, 0.15) is 55.4 Å². The van der Waals surface area contributed by atoms with Crippen LogP contribution in [0.25, 0.3) is 0 Å². The Morgan fingerprint density at radius 3 is 2.77 bits per heavy atom. The Hall–Kier alpha value is -1.69. The number of ether oxygens (including phenoxy) is 1. The predicted molar refractivity (Wildman–Crippen MR) is 83.8 cm³/mol. The maximum atomic E-state index is 11.5. The van der Waals surface area contributed by atoms with Crippen molar-refractivity contribution in [1.82, 2.24) is 15.5 Å². The summed E-state index contributed by atoms with van der Waals surface area (Å²) in [6, 6.07) is 3.89. The summed E-state index contributed by atoms with van der Waals surface area (Å²) in [5.41, 5.74) is 0.410. The molecule has 1 saturated carbocycles. The van der Waals surface area contributed by atoms with Gasteiger partial charge in [-0.15, -0.1) is 10.2 Å². The first-order chi connectivity index (χ1) is 10.7. The summed E-state index contributed by atoms with van der Waals surface area (Å²) in [5.74, 6) is 0.511. The molecule has 0 radical (unpaired) electrons. The average Bonchev–Trinajstić information content (AvgIpc) is 2.56. The van der Waals surface area contributed by atoms with Crippen molar-refractivity contribution in [1.29, 1.82) is 0 Å². The van der Waals surface area contributed by atoms with Gasteiger partial charge in [-0.2, -0.15) is 0 Å². The van der Waals surface area contributed by atoms with Crippen LogP contribution in [0.3, 0.4) is 0 Å². The van der Waals surface area contributed by atoms with Crippen molar-refractivity contribution < 1.29 is 9.53 Å². The number of carbonyl (C=O) groups excluding carboxylic acids is 1. The highest BCUT2D eigenvalue weighted by Crippen LogP contribution is 2.39. The minimum atomic E-state index is -0.216. The molecule has 0 aromatic carbocycles. The molecule has 2 fully saturated rings. The first-order valence-corrected chi connectivity index (χ1v) is 8.17. The van der Waals surface area contributed by atoms with Crippen LogP contribution < -0.4 is 10.6 Å². The van der Waals surface area contributed by atoms with Crippen LogP contribution in [0.2, 0.25) is 0 Å². The van der Waals surface area contributed by atoms with Gasteiger partial charge in [0.2, 0.25) is 0 Å². The molecule has 3 rings (SSSR count). The SMILES string of the molecule is CNC(=O)c1ccc(NC2CCOC3(CCCCC3)C2)nn1. The number of rotatable bonds is 3. The van der Waals surface area contributed by atoms with Gasteiger partial charge in [0, 0.05) is 19.7 Å². The van der Waals surface area contributed by atoms with Crippen molar-refractivity contribution in [2.24, 2.45) is 0 Å². The number of nitrogens with zero attached hydrogens (tertiary/aromatic N) is 2. The summed E-state index contributed by atoms with van der Waals surface area (Å²) in [7, 11) is 1.59. The molecule has 1 aliphatic carbocycles. The normalized spacial score (nSPS) is 24.0. The minimum Gasteiger partial charge on any atom is -0.375 e. The summed E-state index contributed by atoms with van der Waals surface area (Å²) in [5, 5.41) is 14.1. The van der Waals surface area contributed by atoms with Gasteiger partial charge < -0.3 is 15.4 Å². The van der Waals surface area contributed by atoms with Crippen molar-refractivity contribution in [3.05, 3.63) is 17.8 Å². The molecule has 6 heteroatoms. The van der Waals surface area contributed by atoms with Crippen molar-refractivity contribution in [3.63, 3.8) is 0 Å². The number of hydrogen-bond acceptors (Lipinski definition) is 5. The molecule has 2 N–H and O–H groups in total. The predicted octanol–water partition coefficient (Wildman–Crippen LogP) is 2.13. The molecule has 0 bridgehead atoms. The van der Waals surface area contributed by atoms with E-state index in [0.29, 0.717) is 11.7 Å². The lowest BCUT2D eigenvalue weighted by Gasteiger charge is -2.43. The molecule has 2 aliphatic rings. The molecule has 2 heterocycles. The zero-order chi connectivity index (χ0) is 15.4. The number of hydrogen-bond donors (Lipinski definition) is 2. The van der Waals surface area contributed by atoms with Gasteiger partial charge in [0.05, 0.1) is 5.60 Å². The summed E-state index contributed by atoms with van der Waals surface area (Å²) in [6.45, 7) is 0.807. The molecule has 1 atom stereocenters. The van der Waals surface area contributed by atoms with Gasteiger partial charge >= 0.3 is 0 Å². The number of aromatic nitrogens is 2. The largest absolute Gasteiger partial charge is 0.375 e. The van der Waals surface area contributed by atoms with Gasteiger partial charge in [0.25, 0.3) is 5.91 Å². The van der Waals surface area contributed by atoms with E-state index in [2.05, 4.69) is 20.8 Å². The lowest BCUT2D eigenvalue weighted by Crippen LogP contribution is -2.45. The molecule has 22 heavy (non-hydrogen) atoms. The lowest BCUT2D eigenvalue weighted by atomic mass is 9.78. The summed E-state index contributed by atoms with van der Waals surface area (Å²) in [4.78, 5) is 11.5. The van der Waals surface area contributed by atoms with Gasteiger partial charge in [-0.3, -0.25) is 4.79 Å². The van der Waals surface area contributed by atoms with E-state index >= 15 is 0 Å². The van der Waals surface area contributed by atoms with Crippen molar-refractivity contribution in [2.45, 2.75) is 56.6 Å². The highest BCUT2D eigenvalue weighted by atomic mass is 16.5. The first kappa shape index (κ1) is 15.2. The number of anilines is 1. The van der Waals surface area contributed by atoms with Crippen LogP contribution in [0.5, 0.6) is 0 Å². The fourth-order valence-electron chi connectivity index (χ4n) is 3.56. The van der Waals surface area contributed by atoms with E-state index in [1.165, 1.54) is 32.1 Å². The standard InChI is InChI=1S/C16H24N4O2/c1-17-15(21)13-5-6-14(20-19-13)18-12-7-10-22-16(11-12)8-3-2-4-9-16/h5-6,12H,2-4,7-11H2,1H3,(H,17,21)(H,18,20). The highest BCUT2D eigenvalue weighted by Gasteiger charge is 2.38. The van der Waals surface area contributed by atoms with Gasteiger partial charge in [-0.05, 0) is 37.8 Å². The third kappa shape index (κ3) is 3.38. The molecule has 1 aromatic rings. The summed E-state index contributed by atoms with van der Waals surface area (Å²) in [6.07, 6.45) is 8.24. The Morgan fingerprint density at radius 1 is 1.27 bits per heavy atom. The third-order valence-corrected chi connectivity index (χ3v) is 4.73. The van der Waals surface area contributed by atoms with Crippen LogP contribution in [0.15, 0.2) is 12.1 Å². The second kappa shape index (κ2) is 6.60. The van der Waals surface area contributed by atoms with E-state index in [9.17, 15) is 4.79 Å². The van der Waals surface area contributed by atoms with Crippen molar-refractivity contribution in [3.8, 4) is 0 Å². The van der Waals surface area contributed by atoms with Gasteiger partial charge in [-0.1, -0.05) is 19.3 Å². The zero-order valence-corrected chi connectivity index (χ0v) is 13.1. The summed E-state index contributed by atoms with van der Waals surface area (Å²) >= 11 is 0. The topological polar surface area (TPSA) is 76.1 Å². The number of carbonyl (C=O) groups is 1. The van der Waals surface area contributed by atoms with Gasteiger partial charge in [0.15, 0.2) is 5.69 Å². The Labute approximate surface area is 131 Å². The molecule has 1 saturated heterocycles. The molecule has 120 valence electrons. The highest BCUT2D eigenvalue weighted by molar-refractivity contribution is 5.91. The minimum absolute atomic E-state index is 0.0730. The van der Waals surface area contributed by atoms with Gasteiger partial charge in [-0.25, -0.2) is 0 Å². The fraction of sp³-hybridized carbons (Fsp3) is 0.688. The zero-order valence-electron chi connectivity index (χ0n) is 13.1. The van der Waals surface area contributed by atoms with E-state index in [1.807, 2.05) is 6.07 Å². The molecule has 1 unspecified atom stereocenters. The third-order valence-electron chi connectivity index (χ3n) is 4.73. The molecule has 1 spiro atoms. The van der Waals surface area contributed by atoms with Crippen molar-refractivity contribution in [2.75, 3.05) is 19.0 Å². The number of amides is 1. The molecular weight excluding hydrogens is 280 g/mol. The molecule has 1 aliphatic heterocycles. The second-order valence-electron chi connectivity index (χ2n) is 6.31. The van der Waals surface area contributed by atoms with E-state index in [1.54, 1.807) is 13.1 Å². The van der Waals surface area contributed by atoms with E-state index in [4.69, 9.17) is 4.74 Å². The van der Waals surface area contributed by atoms with Crippen LogP contribution in [-0.4, -0.2) is 41.4 Å². The Morgan fingerprint density at radius 2 is 2.09 bits per heavy atom. The smallest absolute Gasteiger partial charge is 0.271 e. The second-order valence-corrected chi connectivity index (χ2v) is 6.31. The first-order valence-electron chi connectivity index (χ1n) is 8.17. The van der Waals surface area contributed by atoms with Crippen LogP contribution >= 0.6 is 0 Å². The van der Waals surface area contributed by atoms with E-state index in [0.717, 1.165) is 25.3 Å². The fourth-order valence-corrected chi connectivity index (χ4v) is 3.56. The molecular formula is C16H24N4O2. The Balaban J connectivity index is 1.61. The maximum Gasteiger partial charge on any atom is 0.271 e. The van der Waals surface area contributed by atoms with Gasteiger partial charge in [0.1, 0.15) is 5.82 Å². The van der Waals surface area contributed by atoms with E-state index in [-0.39, 0.29) is 11.5 Å². The number of nitrogens with one attached hydrogen (secondary N) is 2.